The van der Waals surface area contributed by atoms with Crippen LogP contribution in [0.4, 0.5) is 0 Å². The molecule has 5 nitrogen and oxygen atoms in total. The van der Waals surface area contributed by atoms with Gasteiger partial charge in [0.1, 0.15) is 23.0 Å². The number of benzene rings is 2. The predicted molar refractivity (Wildman–Crippen MR) is 107 cm³/mol. The van der Waals surface area contributed by atoms with E-state index in [0.717, 1.165) is 23.3 Å². The van der Waals surface area contributed by atoms with Crippen molar-refractivity contribution in [2.45, 2.75) is 26.7 Å². The summed E-state index contributed by atoms with van der Waals surface area (Å²) in [5.74, 6) is 1.91. The van der Waals surface area contributed by atoms with E-state index in [4.69, 9.17) is 9.47 Å². The van der Waals surface area contributed by atoms with Gasteiger partial charge in [0.15, 0.2) is 0 Å². The first-order valence-electron chi connectivity index (χ1n) is 8.89. The summed E-state index contributed by atoms with van der Waals surface area (Å²) in [7, 11) is 3.23. The van der Waals surface area contributed by atoms with Gasteiger partial charge >= 0.3 is 0 Å². The van der Waals surface area contributed by atoms with E-state index in [1.807, 2.05) is 31.2 Å². The molecule has 0 spiro atoms. The lowest BCUT2D eigenvalue weighted by molar-refractivity contribution is -0.115. The SMILES string of the molecule is COc1cc(/C=C2/N=C(CCc3ccccc3C)NC2=O)c(OC)cc1C. The van der Waals surface area contributed by atoms with E-state index < -0.39 is 0 Å². The third kappa shape index (κ3) is 4.19. The number of aliphatic imine (C=N–C) groups is 1. The number of amides is 1. The molecule has 0 radical (unpaired) electrons. The molecule has 2 aromatic carbocycles. The molecule has 140 valence electrons. The molecule has 0 saturated heterocycles. The maximum atomic E-state index is 12.3. The van der Waals surface area contributed by atoms with Crippen LogP contribution in [-0.2, 0) is 11.2 Å². The van der Waals surface area contributed by atoms with E-state index in [9.17, 15) is 4.79 Å². The molecular formula is C22H24N2O3. The van der Waals surface area contributed by atoms with E-state index in [2.05, 4.69) is 29.4 Å². The minimum absolute atomic E-state index is 0.198. The van der Waals surface area contributed by atoms with E-state index >= 15 is 0 Å². The molecule has 0 unspecified atom stereocenters. The topological polar surface area (TPSA) is 59.9 Å². The molecule has 0 aromatic heterocycles. The van der Waals surface area contributed by atoms with Gasteiger partial charge in [0.2, 0.25) is 0 Å². The van der Waals surface area contributed by atoms with Gasteiger partial charge in [-0.1, -0.05) is 24.3 Å². The van der Waals surface area contributed by atoms with Crippen LogP contribution in [0.5, 0.6) is 11.5 Å². The zero-order chi connectivity index (χ0) is 19.4. The van der Waals surface area contributed by atoms with Gasteiger partial charge in [-0.25, -0.2) is 4.99 Å². The molecule has 1 heterocycles. The monoisotopic (exact) mass is 364 g/mol. The molecule has 1 amide bonds. The lowest BCUT2D eigenvalue weighted by atomic mass is 10.0. The summed E-state index contributed by atoms with van der Waals surface area (Å²) in [4.78, 5) is 16.8. The van der Waals surface area contributed by atoms with Crippen LogP contribution in [0.1, 0.15) is 28.7 Å². The fourth-order valence-electron chi connectivity index (χ4n) is 3.11. The van der Waals surface area contributed by atoms with Gasteiger partial charge in [-0.3, -0.25) is 4.79 Å². The van der Waals surface area contributed by atoms with Crippen LogP contribution < -0.4 is 14.8 Å². The van der Waals surface area contributed by atoms with Gasteiger partial charge in [0, 0.05) is 12.0 Å². The molecule has 0 aliphatic carbocycles. The lowest BCUT2D eigenvalue weighted by Crippen LogP contribution is -2.24. The number of carbonyl (C=O) groups is 1. The van der Waals surface area contributed by atoms with Gasteiger partial charge in [-0.15, -0.1) is 0 Å². The Morgan fingerprint density at radius 1 is 1.00 bits per heavy atom. The Morgan fingerprint density at radius 2 is 1.74 bits per heavy atom. The molecule has 2 aromatic rings. The number of hydrogen-bond acceptors (Lipinski definition) is 4. The molecule has 1 N–H and O–H groups in total. The minimum Gasteiger partial charge on any atom is -0.496 e. The summed E-state index contributed by atoms with van der Waals surface area (Å²) >= 11 is 0. The van der Waals surface area contributed by atoms with Gasteiger partial charge in [0.25, 0.3) is 5.91 Å². The highest BCUT2D eigenvalue weighted by atomic mass is 16.5. The zero-order valence-corrected chi connectivity index (χ0v) is 16.1. The Balaban J connectivity index is 1.82. The van der Waals surface area contributed by atoms with Crippen molar-refractivity contribution in [1.29, 1.82) is 0 Å². The van der Waals surface area contributed by atoms with Crippen molar-refractivity contribution < 1.29 is 14.3 Å². The van der Waals surface area contributed by atoms with E-state index in [1.54, 1.807) is 20.3 Å². The Morgan fingerprint density at radius 3 is 2.44 bits per heavy atom. The molecule has 0 saturated carbocycles. The van der Waals surface area contributed by atoms with Gasteiger partial charge in [-0.2, -0.15) is 0 Å². The van der Waals surface area contributed by atoms with Gasteiger partial charge in [0.05, 0.1) is 14.2 Å². The van der Waals surface area contributed by atoms with Crippen LogP contribution >= 0.6 is 0 Å². The molecule has 1 aliphatic rings. The molecule has 1 aliphatic heterocycles. The number of methoxy groups -OCH3 is 2. The predicted octanol–water partition coefficient (Wildman–Crippen LogP) is 3.82. The van der Waals surface area contributed by atoms with Crippen molar-refractivity contribution in [3.8, 4) is 11.5 Å². The van der Waals surface area contributed by atoms with Crippen molar-refractivity contribution in [3.63, 3.8) is 0 Å². The number of nitrogens with one attached hydrogen (secondary N) is 1. The Bertz CT molecular complexity index is 929. The lowest BCUT2D eigenvalue weighted by Gasteiger charge is -2.10. The number of hydrogen-bond donors (Lipinski definition) is 1. The summed E-state index contributed by atoms with van der Waals surface area (Å²) in [5, 5.41) is 2.86. The Kier molecular flexibility index (Phi) is 5.60. The standard InChI is InChI=1S/C22H24N2O3/c1-14-7-5-6-8-16(14)9-10-21-23-18(22(25)24-21)12-17-13-19(26-3)15(2)11-20(17)27-4/h5-8,11-13H,9-10H2,1-4H3,(H,23,24,25)/b18-12+. The maximum Gasteiger partial charge on any atom is 0.275 e. The molecule has 0 bridgehead atoms. The van der Waals surface area contributed by atoms with Crippen LogP contribution in [-0.4, -0.2) is 26.0 Å². The average molecular weight is 364 g/mol. The summed E-state index contributed by atoms with van der Waals surface area (Å²) < 4.78 is 10.8. The second-order valence-corrected chi connectivity index (χ2v) is 6.53. The summed E-state index contributed by atoms with van der Waals surface area (Å²) in [6, 6.07) is 12.0. The normalized spacial score (nSPS) is 14.9. The summed E-state index contributed by atoms with van der Waals surface area (Å²) in [5.41, 5.74) is 4.61. The Hall–Kier alpha value is -3.08. The van der Waals surface area contributed by atoms with Crippen LogP contribution in [0.25, 0.3) is 6.08 Å². The van der Waals surface area contributed by atoms with Crippen molar-refractivity contribution in [3.05, 3.63) is 64.3 Å². The molecular weight excluding hydrogens is 340 g/mol. The van der Waals surface area contributed by atoms with E-state index in [0.29, 0.717) is 23.7 Å². The quantitative estimate of drug-likeness (QED) is 0.793. The summed E-state index contributed by atoms with van der Waals surface area (Å²) in [6.07, 6.45) is 3.25. The van der Waals surface area contributed by atoms with Crippen LogP contribution in [0.2, 0.25) is 0 Å². The summed E-state index contributed by atoms with van der Waals surface area (Å²) in [6.45, 7) is 4.04. The fraction of sp³-hybridized carbons (Fsp3) is 0.273. The van der Waals surface area contributed by atoms with Crippen molar-refractivity contribution in [2.24, 2.45) is 4.99 Å². The molecule has 27 heavy (non-hydrogen) atoms. The first kappa shape index (κ1) is 18.7. The van der Waals surface area contributed by atoms with Crippen molar-refractivity contribution in [1.82, 2.24) is 5.32 Å². The highest BCUT2D eigenvalue weighted by molar-refractivity contribution is 6.14. The number of nitrogens with zero attached hydrogens (tertiary/aromatic N) is 1. The van der Waals surface area contributed by atoms with Gasteiger partial charge in [-0.05, 0) is 55.2 Å². The second-order valence-electron chi connectivity index (χ2n) is 6.53. The highest BCUT2D eigenvalue weighted by Gasteiger charge is 2.21. The number of amidine groups is 1. The molecule has 0 fully saturated rings. The fourth-order valence-corrected chi connectivity index (χ4v) is 3.11. The number of rotatable bonds is 6. The van der Waals surface area contributed by atoms with Crippen molar-refractivity contribution >= 4 is 17.8 Å². The minimum atomic E-state index is -0.198. The zero-order valence-electron chi connectivity index (χ0n) is 16.1. The largest absolute Gasteiger partial charge is 0.496 e. The Labute approximate surface area is 159 Å². The molecule has 3 rings (SSSR count). The second kappa shape index (κ2) is 8.08. The first-order chi connectivity index (χ1) is 13.0. The third-order valence-electron chi connectivity index (χ3n) is 4.68. The van der Waals surface area contributed by atoms with E-state index in [1.165, 1.54) is 11.1 Å². The average Bonchev–Trinajstić information content (AvgIpc) is 3.01. The van der Waals surface area contributed by atoms with Crippen LogP contribution in [0.15, 0.2) is 47.1 Å². The molecule has 0 atom stereocenters. The van der Waals surface area contributed by atoms with Gasteiger partial charge < -0.3 is 14.8 Å². The number of ether oxygens (including phenoxy) is 2. The van der Waals surface area contributed by atoms with Crippen LogP contribution in [0, 0.1) is 13.8 Å². The smallest absolute Gasteiger partial charge is 0.275 e. The van der Waals surface area contributed by atoms with Crippen molar-refractivity contribution in [2.75, 3.05) is 14.2 Å². The maximum absolute atomic E-state index is 12.3. The third-order valence-corrected chi connectivity index (χ3v) is 4.68. The number of aryl methyl sites for hydroxylation is 3. The van der Waals surface area contributed by atoms with Crippen LogP contribution in [0.3, 0.4) is 0 Å². The highest BCUT2D eigenvalue weighted by Crippen LogP contribution is 2.30. The van der Waals surface area contributed by atoms with E-state index in [-0.39, 0.29) is 5.91 Å². The first-order valence-corrected chi connectivity index (χ1v) is 8.89. The molecule has 5 heteroatoms. The number of carbonyl (C=O) groups excluding carboxylic acids is 1.